The minimum Gasteiger partial charge on any atom is -0.493 e. The number of nitrogens with one attached hydrogen (secondary N) is 1. The summed E-state index contributed by atoms with van der Waals surface area (Å²) in [5, 5.41) is 2.02. The lowest BCUT2D eigenvalue weighted by atomic mass is 10.1. The van der Waals surface area contributed by atoms with Crippen molar-refractivity contribution in [2.24, 2.45) is 0 Å². The van der Waals surface area contributed by atoms with Gasteiger partial charge in [-0.1, -0.05) is 17.7 Å². The highest BCUT2D eigenvalue weighted by molar-refractivity contribution is 6.31. The lowest BCUT2D eigenvalue weighted by Crippen LogP contribution is -2.14. The number of carbonyl (C=O) groups is 1. The van der Waals surface area contributed by atoms with E-state index in [9.17, 15) is 18.0 Å². The number of aryl methyl sites for hydroxylation is 1. The highest BCUT2D eigenvalue weighted by atomic mass is 35.5. The van der Waals surface area contributed by atoms with Gasteiger partial charge in [0.15, 0.2) is 11.5 Å². The molecule has 152 valence electrons. The van der Waals surface area contributed by atoms with Crippen LogP contribution in [0.3, 0.4) is 0 Å². The summed E-state index contributed by atoms with van der Waals surface area (Å²) < 4.78 is 54.6. The van der Waals surface area contributed by atoms with Gasteiger partial charge in [0, 0.05) is 12.1 Å². The molecule has 2 rings (SSSR count). The van der Waals surface area contributed by atoms with Crippen molar-refractivity contribution < 1.29 is 32.2 Å². The van der Waals surface area contributed by atoms with Gasteiger partial charge in [-0.3, -0.25) is 4.79 Å². The summed E-state index contributed by atoms with van der Waals surface area (Å²) in [5.41, 5.74) is -0.295. The number of anilines is 1. The van der Waals surface area contributed by atoms with E-state index in [1.165, 1.54) is 27.4 Å². The van der Waals surface area contributed by atoms with Crippen LogP contribution in [0.25, 0.3) is 0 Å². The molecule has 0 fully saturated rings. The standard InChI is InChI=1S/C19H19ClF3NO4/c1-26-15-8-4-11(17(27-2)18(15)28-3)5-9-16(25)24-12-6-7-14(20)13(10-12)19(21,22)23/h4,6-8,10H,5,9H2,1-3H3,(H,24,25). The molecule has 0 bridgehead atoms. The molecule has 0 heterocycles. The highest BCUT2D eigenvalue weighted by Crippen LogP contribution is 2.40. The van der Waals surface area contributed by atoms with Crippen LogP contribution < -0.4 is 19.5 Å². The average Bonchev–Trinajstić information content (AvgIpc) is 2.65. The first kappa shape index (κ1) is 21.7. The first-order chi connectivity index (χ1) is 13.2. The number of rotatable bonds is 7. The van der Waals surface area contributed by atoms with Gasteiger partial charge in [-0.15, -0.1) is 0 Å². The van der Waals surface area contributed by atoms with Crippen molar-refractivity contribution in [1.82, 2.24) is 0 Å². The second-order valence-electron chi connectivity index (χ2n) is 5.73. The molecule has 1 N–H and O–H groups in total. The number of methoxy groups -OCH3 is 3. The normalized spacial score (nSPS) is 11.1. The van der Waals surface area contributed by atoms with Crippen molar-refractivity contribution >= 4 is 23.2 Å². The topological polar surface area (TPSA) is 56.8 Å². The summed E-state index contributed by atoms with van der Waals surface area (Å²) in [5.74, 6) is 0.858. The Kier molecular flexibility index (Phi) is 7.01. The van der Waals surface area contributed by atoms with Gasteiger partial charge in [-0.25, -0.2) is 0 Å². The Morgan fingerprint density at radius 1 is 1.04 bits per heavy atom. The number of benzene rings is 2. The van der Waals surface area contributed by atoms with E-state index in [-0.39, 0.29) is 18.5 Å². The van der Waals surface area contributed by atoms with Crippen LogP contribution in [0.1, 0.15) is 17.5 Å². The Labute approximate surface area is 165 Å². The molecule has 2 aromatic rings. The van der Waals surface area contributed by atoms with Crippen LogP contribution in [0.2, 0.25) is 5.02 Å². The van der Waals surface area contributed by atoms with Crippen molar-refractivity contribution in [3.8, 4) is 17.2 Å². The zero-order valence-electron chi connectivity index (χ0n) is 15.4. The molecule has 0 unspecified atom stereocenters. The minimum absolute atomic E-state index is 0.0148. The molecule has 5 nitrogen and oxygen atoms in total. The predicted octanol–water partition coefficient (Wildman–Crippen LogP) is 4.96. The molecular formula is C19H19ClF3NO4. The Balaban J connectivity index is 2.11. The summed E-state index contributed by atoms with van der Waals surface area (Å²) in [7, 11) is 4.43. The van der Waals surface area contributed by atoms with E-state index in [1.807, 2.05) is 0 Å². The molecule has 28 heavy (non-hydrogen) atoms. The fourth-order valence-corrected chi connectivity index (χ4v) is 2.88. The third-order valence-corrected chi connectivity index (χ3v) is 4.29. The largest absolute Gasteiger partial charge is 0.493 e. The Morgan fingerprint density at radius 2 is 1.71 bits per heavy atom. The van der Waals surface area contributed by atoms with Gasteiger partial charge in [0.25, 0.3) is 0 Å². The quantitative estimate of drug-likeness (QED) is 0.692. The second kappa shape index (κ2) is 9.05. The number of amides is 1. The zero-order valence-corrected chi connectivity index (χ0v) is 16.2. The molecule has 0 aliphatic rings. The molecule has 0 aromatic heterocycles. The van der Waals surface area contributed by atoms with E-state index in [2.05, 4.69) is 5.32 Å². The lowest BCUT2D eigenvalue weighted by Gasteiger charge is -2.16. The van der Waals surface area contributed by atoms with Crippen molar-refractivity contribution in [1.29, 1.82) is 0 Å². The van der Waals surface area contributed by atoms with Crippen molar-refractivity contribution in [2.45, 2.75) is 19.0 Å². The molecule has 0 saturated heterocycles. The van der Waals surface area contributed by atoms with Gasteiger partial charge in [-0.05, 0) is 36.2 Å². The number of carbonyl (C=O) groups excluding carboxylic acids is 1. The maximum absolute atomic E-state index is 12.9. The monoisotopic (exact) mass is 417 g/mol. The smallest absolute Gasteiger partial charge is 0.417 e. The fourth-order valence-electron chi connectivity index (χ4n) is 2.65. The van der Waals surface area contributed by atoms with Gasteiger partial charge >= 0.3 is 6.18 Å². The second-order valence-corrected chi connectivity index (χ2v) is 6.14. The maximum atomic E-state index is 12.9. The Morgan fingerprint density at radius 3 is 2.29 bits per heavy atom. The molecule has 0 saturated carbocycles. The SMILES string of the molecule is COc1ccc(CCC(=O)Nc2ccc(Cl)c(C(F)(F)F)c2)c(OC)c1OC. The minimum atomic E-state index is -4.61. The predicted molar refractivity (Wildman–Crippen MR) is 99.5 cm³/mol. The molecule has 0 spiro atoms. The van der Waals surface area contributed by atoms with E-state index >= 15 is 0 Å². The third kappa shape index (κ3) is 5.01. The molecule has 0 atom stereocenters. The Hall–Kier alpha value is -2.61. The van der Waals surface area contributed by atoms with Gasteiger partial charge in [-0.2, -0.15) is 13.2 Å². The summed E-state index contributed by atoms with van der Waals surface area (Å²) in [4.78, 5) is 12.2. The van der Waals surface area contributed by atoms with Crippen LogP contribution in [0.4, 0.5) is 18.9 Å². The molecule has 0 aliphatic carbocycles. The fraction of sp³-hybridized carbons (Fsp3) is 0.316. The molecule has 1 amide bonds. The molecular weight excluding hydrogens is 399 g/mol. The average molecular weight is 418 g/mol. The van der Waals surface area contributed by atoms with Crippen LogP contribution in [0, 0.1) is 0 Å². The summed E-state index contributed by atoms with van der Waals surface area (Å²) in [6.07, 6.45) is -4.30. The molecule has 2 aromatic carbocycles. The zero-order chi connectivity index (χ0) is 20.9. The molecule has 0 radical (unpaired) electrons. The van der Waals surface area contributed by atoms with Crippen LogP contribution in [-0.2, 0) is 17.4 Å². The van der Waals surface area contributed by atoms with Crippen LogP contribution in [-0.4, -0.2) is 27.2 Å². The first-order valence-electron chi connectivity index (χ1n) is 8.15. The number of hydrogen-bond donors (Lipinski definition) is 1. The van der Waals surface area contributed by atoms with Gasteiger partial charge < -0.3 is 19.5 Å². The van der Waals surface area contributed by atoms with E-state index in [0.29, 0.717) is 22.8 Å². The van der Waals surface area contributed by atoms with Gasteiger partial charge in [0.05, 0.1) is 31.9 Å². The van der Waals surface area contributed by atoms with Crippen LogP contribution >= 0.6 is 11.6 Å². The molecule has 0 aliphatic heterocycles. The van der Waals surface area contributed by atoms with E-state index < -0.39 is 22.7 Å². The van der Waals surface area contributed by atoms with Gasteiger partial charge in [0.2, 0.25) is 11.7 Å². The first-order valence-corrected chi connectivity index (χ1v) is 8.53. The van der Waals surface area contributed by atoms with Gasteiger partial charge in [0.1, 0.15) is 0 Å². The third-order valence-electron chi connectivity index (χ3n) is 3.96. The Bertz CT molecular complexity index is 856. The van der Waals surface area contributed by atoms with Crippen LogP contribution in [0.15, 0.2) is 30.3 Å². The number of alkyl halides is 3. The number of ether oxygens (including phenoxy) is 3. The number of halogens is 4. The van der Waals surface area contributed by atoms with Crippen molar-refractivity contribution in [2.75, 3.05) is 26.6 Å². The maximum Gasteiger partial charge on any atom is 0.417 e. The summed E-state index contributed by atoms with van der Waals surface area (Å²) in [6.45, 7) is 0. The number of hydrogen-bond acceptors (Lipinski definition) is 4. The van der Waals surface area contributed by atoms with Crippen molar-refractivity contribution in [3.63, 3.8) is 0 Å². The van der Waals surface area contributed by atoms with E-state index in [4.69, 9.17) is 25.8 Å². The van der Waals surface area contributed by atoms with E-state index in [0.717, 1.165) is 12.1 Å². The lowest BCUT2D eigenvalue weighted by molar-refractivity contribution is -0.137. The van der Waals surface area contributed by atoms with Crippen LogP contribution in [0.5, 0.6) is 17.2 Å². The molecule has 9 heteroatoms. The van der Waals surface area contributed by atoms with Crippen molar-refractivity contribution in [3.05, 3.63) is 46.5 Å². The highest BCUT2D eigenvalue weighted by Gasteiger charge is 2.33. The summed E-state index contributed by atoms with van der Waals surface area (Å²) in [6, 6.07) is 6.63. The summed E-state index contributed by atoms with van der Waals surface area (Å²) >= 11 is 5.58. The van der Waals surface area contributed by atoms with E-state index in [1.54, 1.807) is 12.1 Å².